The summed E-state index contributed by atoms with van der Waals surface area (Å²) in [4.78, 5) is 38.4. The fourth-order valence-corrected chi connectivity index (χ4v) is 3.92. The predicted molar refractivity (Wildman–Crippen MR) is 93.4 cm³/mol. The summed E-state index contributed by atoms with van der Waals surface area (Å²) < 4.78 is 0.743. The Hall–Kier alpha value is -1.89. The molecule has 1 aliphatic heterocycles. The lowest BCUT2D eigenvalue weighted by Crippen LogP contribution is -2.54. The molecule has 1 heterocycles. The zero-order chi connectivity index (χ0) is 17.3. The molecule has 2 fully saturated rings. The standard InChI is InChI=1S/C17H20BrN3O3/c1-11-6-4-5-9-17(11)15(23)21(16(24)20-17)10-14(22)19-13-8-3-2-7-12(13)18/h2-3,7-8,11H,4-6,9-10H2,1H3,(H,19,22)(H,20,24)/t11-,17-/m0/s1. The van der Waals surface area contributed by atoms with Gasteiger partial charge in [-0.2, -0.15) is 0 Å². The average molecular weight is 394 g/mol. The summed E-state index contributed by atoms with van der Waals surface area (Å²) in [6, 6.07) is 6.72. The Bertz CT molecular complexity index is 693. The average Bonchev–Trinajstić information content (AvgIpc) is 2.78. The molecule has 7 heteroatoms. The quantitative estimate of drug-likeness (QED) is 0.774. The van der Waals surface area contributed by atoms with Crippen molar-refractivity contribution in [3.05, 3.63) is 28.7 Å². The predicted octanol–water partition coefficient (Wildman–Crippen LogP) is 2.89. The Labute approximate surface area is 149 Å². The van der Waals surface area contributed by atoms with Crippen LogP contribution in [0.1, 0.15) is 32.6 Å². The van der Waals surface area contributed by atoms with E-state index in [1.54, 1.807) is 12.1 Å². The Balaban J connectivity index is 1.71. The summed E-state index contributed by atoms with van der Waals surface area (Å²) in [7, 11) is 0. The van der Waals surface area contributed by atoms with E-state index in [1.807, 2.05) is 19.1 Å². The lowest BCUT2D eigenvalue weighted by atomic mass is 9.73. The van der Waals surface area contributed by atoms with Gasteiger partial charge in [0.25, 0.3) is 5.91 Å². The van der Waals surface area contributed by atoms with E-state index in [2.05, 4.69) is 26.6 Å². The van der Waals surface area contributed by atoms with Gasteiger partial charge >= 0.3 is 6.03 Å². The van der Waals surface area contributed by atoms with Crippen molar-refractivity contribution in [3.8, 4) is 0 Å². The molecule has 3 rings (SSSR count). The van der Waals surface area contributed by atoms with Crippen LogP contribution in [0.4, 0.5) is 10.5 Å². The fraction of sp³-hybridized carbons (Fsp3) is 0.471. The van der Waals surface area contributed by atoms with Gasteiger partial charge in [0.1, 0.15) is 12.1 Å². The van der Waals surface area contributed by atoms with Gasteiger partial charge < -0.3 is 10.6 Å². The topological polar surface area (TPSA) is 78.5 Å². The van der Waals surface area contributed by atoms with Crippen molar-refractivity contribution < 1.29 is 14.4 Å². The minimum Gasteiger partial charge on any atom is -0.324 e. The van der Waals surface area contributed by atoms with Gasteiger partial charge in [-0.05, 0) is 46.8 Å². The molecule has 1 aliphatic carbocycles. The first-order chi connectivity index (χ1) is 11.4. The van der Waals surface area contributed by atoms with Crippen molar-refractivity contribution in [1.82, 2.24) is 10.2 Å². The number of carbonyl (C=O) groups is 3. The second-order valence-corrected chi connectivity index (χ2v) is 7.32. The monoisotopic (exact) mass is 393 g/mol. The number of para-hydroxylation sites is 1. The lowest BCUT2D eigenvalue weighted by Gasteiger charge is -2.36. The smallest absolute Gasteiger partial charge is 0.324 e. The molecule has 2 atom stereocenters. The Kier molecular flexibility index (Phi) is 4.62. The van der Waals surface area contributed by atoms with Crippen molar-refractivity contribution in [3.63, 3.8) is 0 Å². The summed E-state index contributed by atoms with van der Waals surface area (Å²) in [5.41, 5.74) is -0.224. The molecule has 1 aromatic carbocycles. The van der Waals surface area contributed by atoms with Crippen molar-refractivity contribution in [1.29, 1.82) is 0 Å². The van der Waals surface area contributed by atoms with Gasteiger partial charge in [-0.3, -0.25) is 14.5 Å². The number of hydrogen-bond acceptors (Lipinski definition) is 3. The van der Waals surface area contributed by atoms with E-state index in [4.69, 9.17) is 0 Å². The van der Waals surface area contributed by atoms with Crippen molar-refractivity contribution in [2.75, 3.05) is 11.9 Å². The van der Waals surface area contributed by atoms with Crippen molar-refractivity contribution >= 4 is 39.5 Å². The number of rotatable bonds is 3. The number of halogens is 1. The van der Waals surface area contributed by atoms with E-state index in [-0.39, 0.29) is 18.4 Å². The van der Waals surface area contributed by atoms with Crippen LogP contribution in [0.2, 0.25) is 0 Å². The summed E-state index contributed by atoms with van der Waals surface area (Å²) in [6.45, 7) is 1.71. The van der Waals surface area contributed by atoms with Gasteiger partial charge in [0.15, 0.2) is 0 Å². The number of urea groups is 1. The second-order valence-electron chi connectivity index (χ2n) is 6.47. The maximum Gasteiger partial charge on any atom is 0.325 e. The molecule has 24 heavy (non-hydrogen) atoms. The van der Waals surface area contributed by atoms with E-state index in [0.29, 0.717) is 12.1 Å². The van der Waals surface area contributed by atoms with Crippen LogP contribution >= 0.6 is 15.9 Å². The third-order valence-electron chi connectivity index (χ3n) is 4.95. The first kappa shape index (κ1) is 17.0. The molecule has 128 valence electrons. The normalized spacial score (nSPS) is 26.6. The number of amides is 4. The number of nitrogens with one attached hydrogen (secondary N) is 2. The number of anilines is 1. The lowest BCUT2D eigenvalue weighted by molar-refractivity contribution is -0.136. The maximum atomic E-state index is 12.8. The molecule has 0 bridgehead atoms. The minimum atomic E-state index is -0.830. The molecule has 0 radical (unpaired) electrons. The van der Waals surface area contributed by atoms with Crippen LogP contribution in [-0.4, -0.2) is 34.8 Å². The number of hydrogen-bond donors (Lipinski definition) is 2. The van der Waals surface area contributed by atoms with Crippen LogP contribution in [0.25, 0.3) is 0 Å². The van der Waals surface area contributed by atoms with Gasteiger partial charge in [-0.25, -0.2) is 4.79 Å². The molecule has 1 aromatic rings. The molecule has 0 unspecified atom stereocenters. The SMILES string of the molecule is C[C@H]1CCCC[C@]12NC(=O)N(CC(=O)Nc1ccccc1Br)C2=O. The minimum absolute atomic E-state index is 0.0824. The second kappa shape index (κ2) is 6.55. The first-order valence-electron chi connectivity index (χ1n) is 8.12. The van der Waals surface area contributed by atoms with Crippen LogP contribution < -0.4 is 10.6 Å². The van der Waals surface area contributed by atoms with Crippen molar-refractivity contribution in [2.24, 2.45) is 5.92 Å². The van der Waals surface area contributed by atoms with E-state index >= 15 is 0 Å². The van der Waals surface area contributed by atoms with Gasteiger partial charge in [-0.15, -0.1) is 0 Å². The molecule has 1 saturated heterocycles. The van der Waals surface area contributed by atoms with E-state index < -0.39 is 17.5 Å². The van der Waals surface area contributed by atoms with Crippen LogP contribution in [0.15, 0.2) is 28.7 Å². The highest BCUT2D eigenvalue weighted by atomic mass is 79.9. The zero-order valence-corrected chi connectivity index (χ0v) is 15.1. The largest absolute Gasteiger partial charge is 0.325 e. The van der Waals surface area contributed by atoms with Crippen LogP contribution in [0, 0.1) is 5.92 Å². The van der Waals surface area contributed by atoms with Gasteiger partial charge in [0.05, 0.1) is 5.69 Å². The molecule has 1 saturated carbocycles. The van der Waals surface area contributed by atoms with Gasteiger partial charge in [0.2, 0.25) is 5.91 Å². The van der Waals surface area contributed by atoms with Crippen LogP contribution in [0.5, 0.6) is 0 Å². The van der Waals surface area contributed by atoms with Crippen LogP contribution in [-0.2, 0) is 9.59 Å². The number of benzene rings is 1. The van der Waals surface area contributed by atoms with E-state index in [0.717, 1.165) is 28.6 Å². The molecule has 1 spiro atoms. The Morgan fingerprint density at radius 1 is 1.38 bits per heavy atom. The van der Waals surface area contributed by atoms with Gasteiger partial charge in [-0.1, -0.05) is 31.9 Å². The fourth-order valence-electron chi connectivity index (χ4n) is 3.53. The number of carbonyl (C=O) groups excluding carboxylic acids is 3. The van der Waals surface area contributed by atoms with E-state index in [1.165, 1.54) is 0 Å². The summed E-state index contributed by atoms with van der Waals surface area (Å²) in [5, 5.41) is 5.57. The number of imide groups is 1. The van der Waals surface area contributed by atoms with Crippen LogP contribution in [0.3, 0.4) is 0 Å². The Morgan fingerprint density at radius 3 is 2.83 bits per heavy atom. The highest BCUT2D eigenvalue weighted by Gasteiger charge is 2.55. The molecule has 0 aromatic heterocycles. The molecule has 6 nitrogen and oxygen atoms in total. The molecule has 4 amide bonds. The maximum absolute atomic E-state index is 12.8. The van der Waals surface area contributed by atoms with Gasteiger partial charge in [0, 0.05) is 4.47 Å². The third-order valence-corrected chi connectivity index (χ3v) is 5.64. The van der Waals surface area contributed by atoms with Crippen molar-refractivity contribution in [2.45, 2.75) is 38.1 Å². The highest BCUT2D eigenvalue weighted by Crippen LogP contribution is 2.38. The zero-order valence-electron chi connectivity index (χ0n) is 13.5. The van der Waals surface area contributed by atoms with E-state index in [9.17, 15) is 14.4 Å². The number of nitrogens with zero attached hydrogens (tertiary/aromatic N) is 1. The summed E-state index contributed by atoms with van der Waals surface area (Å²) >= 11 is 3.35. The summed E-state index contributed by atoms with van der Waals surface area (Å²) in [6.07, 6.45) is 3.52. The Morgan fingerprint density at radius 2 is 2.12 bits per heavy atom. The molecular formula is C17H20BrN3O3. The first-order valence-corrected chi connectivity index (χ1v) is 8.92. The highest BCUT2D eigenvalue weighted by molar-refractivity contribution is 9.10. The molecular weight excluding hydrogens is 374 g/mol. The third kappa shape index (κ3) is 2.92. The summed E-state index contributed by atoms with van der Waals surface area (Å²) in [5.74, 6) is -0.591. The molecule has 2 N–H and O–H groups in total. The molecule has 2 aliphatic rings.